The van der Waals surface area contributed by atoms with Crippen LogP contribution in [0, 0.1) is 12.7 Å². The number of hydrogen-bond donors (Lipinski definition) is 4. The van der Waals surface area contributed by atoms with Crippen LogP contribution in [0.2, 0.25) is 0 Å². The van der Waals surface area contributed by atoms with Crippen LogP contribution < -0.4 is 10.6 Å². The second-order valence-electron chi connectivity index (χ2n) is 7.96. The number of aliphatic hydroxyl groups is 1. The van der Waals surface area contributed by atoms with Crippen molar-refractivity contribution < 1.29 is 9.50 Å². The third-order valence-electron chi connectivity index (χ3n) is 5.47. The minimum Gasteiger partial charge on any atom is -0.394 e. The highest BCUT2D eigenvalue weighted by atomic mass is 19.1. The van der Waals surface area contributed by atoms with Crippen LogP contribution in [0.25, 0.3) is 10.9 Å². The number of nitrogens with zero attached hydrogens (tertiary/aromatic N) is 3. The van der Waals surface area contributed by atoms with Crippen molar-refractivity contribution in [3.63, 3.8) is 0 Å². The number of aromatic nitrogens is 4. The smallest absolute Gasteiger partial charge is 0.225 e. The number of benzene rings is 2. The van der Waals surface area contributed by atoms with Gasteiger partial charge in [0, 0.05) is 23.1 Å². The van der Waals surface area contributed by atoms with Gasteiger partial charge < -0.3 is 15.7 Å². The molecule has 0 radical (unpaired) electrons. The largest absolute Gasteiger partial charge is 0.394 e. The Bertz CT molecular complexity index is 1220. The molecule has 5 rings (SSSR count). The summed E-state index contributed by atoms with van der Waals surface area (Å²) >= 11 is 0. The standard InChI is InChI=1S/C23H23FN6O/c1-13-2-9-17-19(10-13)25-23(26-20(12-31)15-5-7-16(24)8-6-15)28-22(17)27-21-11-18(29-30-21)14-3-4-14/h2,5-11,14,20,31H,3-4,12H2,1H3,(H3,25,26,27,28,29,30)/t20-/m0/s1. The molecular weight excluding hydrogens is 395 g/mol. The van der Waals surface area contributed by atoms with Gasteiger partial charge in [-0.3, -0.25) is 5.10 Å². The van der Waals surface area contributed by atoms with Crippen molar-refractivity contribution in [1.82, 2.24) is 20.2 Å². The van der Waals surface area contributed by atoms with E-state index in [4.69, 9.17) is 0 Å². The van der Waals surface area contributed by atoms with Crippen LogP contribution in [0.4, 0.5) is 22.0 Å². The maximum Gasteiger partial charge on any atom is 0.225 e. The maximum absolute atomic E-state index is 13.3. The zero-order chi connectivity index (χ0) is 21.4. The van der Waals surface area contributed by atoms with E-state index in [2.05, 4.69) is 30.8 Å². The monoisotopic (exact) mass is 418 g/mol. The van der Waals surface area contributed by atoms with Crippen molar-refractivity contribution >= 4 is 28.5 Å². The fraction of sp³-hybridized carbons (Fsp3) is 0.261. The van der Waals surface area contributed by atoms with Gasteiger partial charge in [0.15, 0.2) is 5.82 Å². The zero-order valence-electron chi connectivity index (χ0n) is 17.1. The van der Waals surface area contributed by atoms with Gasteiger partial charge in [-0.25, -0.2) is 9.37 Å². The lowest BCUT2D eigenvalue weighted by Gasteiger charge is -2.18. The molecule has 1 fully saturated rings. The average Bonchev–Trinajstić information content (AvgIpc) is 3.51. The average molecular weight is 418 g/mol. The fourth-order valence-electron chi connectivity index (χ4n) is 3.61. The highest BCUT2D eigenvalue weighted by Gasteiger charge is 2.25. The number of halogens is 1. The number of anilines is 3. The van der Waals surface area contributed by atoms with E-state index >= 15 is 0 Å². The summed E-state index contributed by atoms with van der Waals surface area (Å²) in [4.78, 5) is 9.29. The molecule has 1 atom stereocenters. The predicted molar refractivity (Wildman–Crippen MR) is 118 cm³/mol. The lowest BCUT2D eigenvalue weighted by atomic mass is 10.1. The Morgan fingerprint density at radius 3 is 2.68 bits per heavy atom. The molecule has 0 aliphatic heterocycles. The summed E-state index contributed by atoms with van der Waals surface area (Å²) in [5.41, 5.74) is 3.73. The summed E-state index contributed by atoms with van der Waals surface area (Å²) in [6.45, 7) is 1.82. The molecule has 1 saturated carbocycles. The lowest BCUT2D eigenvalue weighted by molar-refractivity contribution is 0.276. The van der Waals surface area contributed by atoms with Crippen molar-refractivity contribution in [2.24, 2.45) is 0 Å². The number of aliphatic hydroxyl groups excluding tert-OH is 1. The molecule has 4 aromatic rings. The first kappa shape index (κ1) is 19.4. The molecule has 158 valence electrons. The second-order valence-corrected chi connectivity index (χ2v) is 7.96. The molecule has 7 nitrogen and oxygen atoms in total. The van der Waals surface area contributed by atoms with E-state index in [9.17, 15) is 9.50 Å². The first-order chi connectivity index (χ1) is 15.1. The van der Waals surface area contributed by atoms with E-state index in [0.29, 0.717) is 23.5 Å². The quantitative estimate of drug-likeness (QED) is 0.351. The molecule has 0 saturated heterocycles. The van der Waals surface area contributed by atoms with E-state index < -0.39 is 6.04 Å². The molecule has 1 aliphatic carbocycles. The number of hydrogen-bond acceptors (Lipinski definition) is 6. The molecule has 0 unspecified atom stereocenters. The van der Waals surface area contributed by atoms with Crippen LogP contribution in [0.1, 0.15) is 41.6 Å². The summed E-state index contributed by atoms with van der Waals surface area (Å²) in [7, 11) is 0. The normalized spacial score (nSPS) is 14.5. The molecular formula is C23H23FN6O. The molecule has 0 spiro atoms. The van der Waals surface area contributed by atoms with Crippen molar-refractivity contribution in [3.8, 4) is 0 Å². The molecule has 31 heavy (non-hydrogen) atoms. The zero-order valence-corrected chi connectivity index (χ0v) is 17.1. The second kappa shape index (κ2) is 7.96. The molecule has 8 heteroatoms. The molecule has 2 aromatic carbocycles. The van der Waals surface area contributed by atoms with Crippen molar-refractivity contribution in [1.29, 1.82) is 0 Å². The number of H-pyrrole nitrogens is 1. The molecule has 2 heterocycles. The highest BCUT2D eigenvalue weighted by molar-refractivity contribution is 5.92. The van der Waals surface area contributed by atoms with E-state index in [1.54, 1.807) is 12.1 Å². The number of nitrogens with one attached hydrogen (secondary N) is 3. The van der Waals surface area contributed by atoms with E-state index in [1.807, 2.05) is 31.2 Å². The Balaban J connectivity index is 1.49. The van der Waals surface area contributed by atoms with E-state index in [-0.39, 0.29) is 12.4 Å². The third-order valence-corrected chi connectivity index (χ3v) is 5.47. The van der Waals surface area contributed by atoms with Gasteiger partial charge >= 0.3 is 0 Å². The van der Waals surface area contributed by atoms with Crippen LogP contribution in [0.3, 0.4) is 0 Å². The van der Waals surface area contributed by atoms with Gasteiger partial charge in [-0.15, -0.1) is 0 Å². The van der Waals surface area contributed by atoms with Crippen molar-refractivity contribution in [2.45, 2.75) is 31.7 Å². The number of aryl methyl sites for hydroxylation is 1. The summed E-state index contributed by atoms with van der Waals surface area (Å²) in [5, 5.41) is 24.7. The Kier molecular flexibility index (Phi) is 4.99. The fourth-order valence-corrected chi connectivity index (χ4v) is 3.61. The lowest BCUT2D eigenvalue weighted by Crippen LogP contribution is -2.17. The van der Waals surface area contributed by atoms with Crippen LogP contribution in [-0.4, -0.2) is 31.9 Å². The first-order valence-corrected chi connectivity index (χ1v) is 10.3. The minimum absolute atomic E-state index is 0.187. The molecule has 4 N–H and O–H groups in total. The minimum atomic E-state index is -0.470. The molecule has 0 amide bonds. The number of aromatic amines is 1. The number of rotatable bonds is 7. The van der Waals surface area contributed by atoms with Crippen LogP contribution >= 0.6 is 0 Å². The summed E-state index contributed by atoms with van der Waals surface area (Å²) in [6.07, 6.45) is 2.38. The molecule has 2 aromatic heterocycles. The van der Waals surface area contributed by atoms with Gasteiger partial charge in [-0.2, -0.15) is 10.1 Å². The van der Waals surface area contributed by atoms with E-state index in [0.717, 1.165) is 27.7 Å². The summed E-state index contributed by atoms with van der Waals surface area (Å²) in [6, 6.07) is 13.5. The van der Waals surface area contributed by atoms with Gasteiger partial charge in [0.2, 0.25) is 5.95 Å². The van der Waals surface area contributed by atoms with Gasteiger partial charge in [-0.05, 0) is 55.2 Å². The third kappa shape index (κ3) is 4.20. The molecule has 1 aliphatic rings. The van der Waals surface area contributed by atoms with Crippen LogP contribution in [0.15, 0.2) is 48.5 Å². The SMILES string of the molecule is Cc1ccc2c(Nc3cc(C4CC4)[nH]n3)nc(N[C@@H](CO)c3ccc(F)cc3)nc2c1. The Morgan fingerprint density at radius 2 is 1.94 bits per heavy atom. The van der Waals surface area contributed by atoms with Crippen LogP contribution in [-0.2, 0) is 0 Å². The molecule has 0 bridgehead atoms. The first-order valence-electron chi connectivity index (χ1n) is 10.3. The summed E-state index contributed by atoms with van der Waals surface area (Å²) in [5.74, 6) is 1.93. The van der Waals surface area contributed by atoms with Crippen molar-refractivity contribution in [2.75, 3.05) is 17.2 Å². The maximum atomic E-state index is 13.3. The van der Waals surface area contributed by atoms with Crippen LogP contribution in [0.5, 0.6) is 0 Å². The predicted octanol–water partition coefficient (Wildman–Crippen LogP) is 4.57. The Hall–Kier alpha value is -3.52. The topological polar surface area (TPSA) is 98.8 Å². The van der Waals surface area contributed by atoms with Gasteiger partial charge in [0.1, 0.15) is 11.6 Å². The highest BCUT2D eigenvalue weighted by Crippen LogP contribution is 2.40. The van der Waals surface area contributed by atoms with Gasteiger partial charge in [-0.1, -0.05) is 18.2 Å². The van der Waals surface area contributed by atoms with Gasteiger partial charge in [0.25, 0.3) is 0 Å². The number of fused-ring (bicyclic) bond motifs is 1. The Morgan fingerprint density at radius 1 is 1.13 bits per heavy atom. The van der Waals surface area contributed by atoms with Gasteiger partial charge in [0.05, 0.1) is 18.2 Å². The van der Waals surface area contributed by atoms with E-state index in [1.165, 1.54) is 25.0 Å². The Labute approximate surface area is 178 Å². The summed E-state index contributed by atoms with van der Waals surface area (Å²) < 4.78 is 13.3. The van der Waals surface area contributed by atoms with Crippen molar-refractivity contribution in [3.05, 3.63) is 71.2 Å².